The molecule has 0 saturated carbocycles. The van der Waals surface area contributed by atoms with Gasteiger partial charge < -0.3 is 10.0 Å². The Morgan fingerprint density at radius 1 is 1.47 bits per heavy atom. The highest BCUT2D eigenvalue weighted by atomic mass is 32.1. The van der Waals surface area contributed by atoms with Crippen molar-refractivity contribution in [1.29, 1.82) is 0 Å². The molecule has 0 atom stereocenters. The molecule has 5 nitrogen and oxygen atoms in total. The van der Waals surface area contributed by atoms with Crippen LogP contribution in [0.2, 0.25) is 0 Å². The molecule has 17 heavy (non-hydrogen) atoms. The van der Waals surface area contributed by atoms with Crippen LogP contribution in [0.3, 0.4) is 0 Å². The number of aliphatic carboxylic acids is 1. The quantitative estimate of drug-likeness (QED) is 0.883. The van der Waals surface area contributed by atoms with Gasteiger partial charge in [0, 0.05) is 20.0 Å². The number of carbonyl (C=O) groups is 1. The van der Waals surface area contributed by atoms with Gasteiger partial charge in [0.05, 0.1) is 0 Å². The lowest BCUT2D eigenvalue weighted by Crippen LogP contribution is -2.19. The highest BCUT2D eigenvalue weighted by molar-refractivity contribution is 7.15. The highest BCUT2D eigenvalue weighted by Crippen LogP contribution is 2.33. The molecule has 1 aromatic rings. The number of carboxylic acids is 1. The molecule has 96 valence electrons. The first-order valence-corrected chi connectivity index (χ1v) is 5.46. The molecule has 1 heterocycles. The summed E-state index contributed by atoms with van der Waals surface area (Å²) in [7, 11) is 1.54. The number of hydrogen-bond acceptors (Lipinski definition) is 5. The van der Waals surface area contributed by atoms with Crippen LogP contribution in [-0.4, -0.2) is 34.9 Å². The summed E-state index contributed by atoms with van der Waals surface area (Å²) >= 11 is 0.438. The van der Waals surface area contributed by atoms with Gasteiger partial charge in [-0.05, 0) is 6.42 Å². The van der Waals surface area contributed by atoms with E-state index in [1.807, 2.05) is 0 Å². The topological polar surface area (TPSA) is 66.3 Å². The molecule has 0 aromatic carbocycles. The maximum Gasteiger partial charge on any atom is 0.445 e. The molecule has 0 aliphatic rings. The molecule has 9 heteroatoms. The molecule has 0 radical (unpaired) electrons. The van der Waals surface area contributed by atoms with Crippen LogP contribution >= 0.6 is 11.3 Å². The molecule has 1 aromatic heterocycles. The van der Waals surface area contributed by atoms with Gasteiger partial charge in [-0.3, -0.25) is 4.79 Å². The minimum Gasteiger partial charge on any atom is -0.481 e. The van der Waals surface area contributed by atoms with Crippen molar-refractivity contribution in [2.75, 3.05) is 18.5 Å². The smallest absolute Gasteiger partial charge is 0.445 e. The predicted octanol–water partition coefficient (Wildman–Crippen LogP) is 1.86. The average molecular weight is 269 g/mol. The maximum absolute atomic E-state index is 12.2. The summed E-state index contributed by atoms with van der Waals surface area (Å²) in [6, 6.07) is 0. The summed E-state index contributed by atoms with van der Waals surface area (Å²) in [6.45, 7) is 0.318. The first-order chi connectivity index (χ1) is 7.80. The van der Waals surface area contributed by atoms with E-state index in [1.165, 1.54) is 4.90 Å². The summed E-state index contributed by atoms with van der Waals surface area (Å²) in [5.41, 5.74) is 0. The third kappa shape index (κ3) is 4.17. The van der Waals surface area contributed by atoms with E-state index in [0.717, 1.165) is 0 Å². The number of hydrogen-bond donors (Lipinski definition) is 1. The Balaban J connectivity index is 2.55. The normalized spacial score (nSPS) is 11.5. The Morgan fingerprint density at radius 3 is 2.59 bits per heavy atom. The van der Waals surface area contributed by atoms with Gasteiger partial charge in [0.1, 0.15) is 0 Å². The van der Waals surface area contributed by atoms with Crippen LogP contribution in [0.5, 0.6) is 0 Å². The van der Waals surface area contributed by atoms with Crippen LogP contribution < -0.4 is 4.90 Å². The summed E-state index contributed by atoms with van der Waals surface area (Å²) in [4.78, 5) is 11.7. The highest BCUT2D eigenvalue weighted by Gasteiger charge is 2.35. The minimum atomic E-state index is -4.49. The van der Waals surface area contributed by atoms with E-state index in [2.05, 4.69) is 10.2 Å². The van der Waals surface area contributed by atoms with Gasteiger partial charge in [-0.25, -0.2) is 0 Å². The summed E-state index contributed by atoms with van der Waals surface area (Å²) in [5, 5.41) is 14.0. The number of anilines is 1. The molecule has 0 unspecified atom stereocenters. The average Bonchev–Trinajstić information content (AvgIpc) is 2.64. The molecular weight excluding hydrogens is 259 g/mol. The fraction of sp³-hybridized carbons (Fsp3) is 0.625. The molecule has 1 rings (SSSR count). The third-order valence-electron chi connectivity index (χ3n) is 1.87. The molecule has 0 aliphatic heterocycles. The van der Waals surface area contributed by atoms with Crippen LogP contribution in [0.25, 0.3) is 0 Å². The van der Waals surface area contributed by atoms with Crippen molar-refractivity contribution < 1.29 is 23.1 Å². The lowest BCUT2D eigenvalue weighted by atomic mass is 10.3. The van der Waals surface area contributed by atoms with E-state index in [4.69, 9.17) is 5.11 Å². The summed E-state index contributed by atoms with van der Waals surface area (Å²) < 4.78 is 36.7. The van der Waals surface area contributed by atoms with Gasteiger partial charge in [-0.1, -0.05) is 11.3 Å². The Morgan fingerprint density at radius 2 is 2.12 bits per heavy atom. The van der Waals surface area contributed by atoms with Gasteiger partial charge in [-0.15, -0.1) is 10.2 Å². The van der Waals surface area contributed by atoms with E-state index < -0.39 is 17.2 Å². The Bertz CT molecular complexity index is 394. The molecule has 0 saturated heterocycles. The van der Waals surface area contributed by atoms with Crippen LogP contribution in [-0.2, 0) is 11.0 Å². The Hall–Kier alpha value is -1.38. The number of aromatic nitrogens is 2. The second-order valence-corrected chi connectivity index (χ2v) is 4.26. The zero-order valence-corrected chi connectivity index (χ0v) is 9.68. The number of alkyl halides is 3. The van der Waals surface area contributed by atoms with Crippen LogP contribution in [0.1, 0.15) is 17.8 Å². The van der Waals surface area contributed by atoms with E-state index >= 15 is 0 Å². The lowest BCUT2D eigenvalue weighted by Gasteiger charge is -2.13. The number of carboxylic acid groups (broad SMARTS) is 1. The molecule has 0 fully saturated rings. The zero-order chi connectivity index (χ0) is 13.1. The van der Waals surface area contributed by atoms with E-state index in [1.54, 1.807) is 7.05 Å². The number of nitrogens with zero attached hydrogens (tertiary/aromatic N) is 3. The van der Waals surface area contributed by atoms with Gasteiger partial charge in [0.25, 0.3) is 0 Å². The van der Waals surface area contributed by atoms with Gasteiger partial charge >= 0.3 is 12.1 Å². The van der Waals surface area contributed by atoms with Crippen molar-refractivity contribution in [2.45, 2.75) is 19.0 Å². The molecule has 0 aliphatic carbocycles. The summed E-state index contributed by atoms with van der Waals surface area (Å²) in [6.07, 6.45) is -4.18. The van der Waals surface area contributed by atoms with Crippen LogP contribution in [0, 0.1) is 0 Å². The predicted molar refractivity (Wildman–Crippen MR) is 55.1 cm³/mol. The SMILES string of the molecule is CN(CCCC(=O)O)c1nnc(C(F)(F)F)s1. The Kier molecular flexibility index (Phi) is 4.27. The van der Waals surface area contributed by atoms with E-state index in [-0.39, 0.29) is 11.6 Å². The summed E-state index contributed by atoms with van der Waals surface area (Å²) in [5.74, 6) is -0.938. The number of halogens is 3. The molecular formula is C8H10F3N3O2S. The first kappa shape index (κ1) is 13.7. The lowest BCUT2D eigenvalue weighted by molar-refractivity contribution is -0.138. The van der Waals surface area contributed by atoms with Crippen LogP contribution in [0.15, 0.2) is 0 Å². The van der Waals surface area contributed by atoms with Gasteiger partial charge in [-0.2, -0.15) is 13.2 Å². The van der Waals surface area contributed by atoms with Gasteiger partial charge in [0.15, 0.2) is 0 Å². The third-order valence-corrected chi connectivity index (χ3v) is 2.95. The second-order valence-electron chi connectivity index (χ2n) is 3.31. The van der Waals surface area contributed by atoms with Crippen molar-refractivity contribution in [1.82, 2.24) is 10.2 Å². The minimum absolute atomic E-state index is 0.0325. The van der Waals surface area contributed by atoms with E-state index in [0.29, 0.717) is 24.3 Å². The molecule has 0 bridgehead atoms. The fourth-order valence-electron chi connectivity index (χ4n) is 1.05. The van der Waals surface area contributed by atoms with Crippen molar-refractivity contribution in [3.63, 3.8) is 0 Å². The van der Waals surface area contributed by atoms with Crippen molar-refractivity contribution in [3.8, 4) is 0 Å². The zero-order valence-electron chi connectivity index (χ0n) is 8.86. The second kappa shape index (κ2) is 5.30. The van der Waals surface area contributed by atoms with Gasteiger partial charge in [0.2, 0.25) is 10.1 Å². The maximum atomic E-state index is 12.2. The fourth-order valence-corrected chi connectivity index (χ4v) is 1.75. The number of rotatable bonds is 5. The first-order valence-electron chi connectivity index (χ1n) is 4.64. The molecule has 1 N–H and O–H groups in total. The molecule has 0 amide bonds. The van der Waals surface area contributed by atoms with Crippen molar-refractivity contribution in [2.24, 2.45) is 0 Å². The van der Waals surface area contributed by atoms with Crippen LogP contribution in [0.4, 0.5) is 18.3 Å². The largest absolute Gasteiger partial charge is 0.481 e. The molecule has 0 spiro atoms. The van der Waals surface area contributed by atoms with E-state index in [9.17, 15) is 18.0 Å². The standard InChI is InChI=1S/C8H10F3N3O2S/c1-14(4-2-3-5(15)16)7-13-12-6(17-7)8(9,10)11/h2-4H2,1H3,(H,15,16). The monoisotopic (exact) mass is 269 g/mol. The Labute approximate surface area is 98.9 Å². The van der Waals surface area contributed by atoms with Crippen molar-refractivity contribution >= 4 is 22.4 Å². The van der Waals surface area contributed by atoms with Crippen molar-refractivity contribution in [3.05, 3.63) is 5.01 Å².